The molecule has 0 unspecified atom stereocenters. The van der Waals surface area contributed by atoms with Gasteiger partial charge in [0.15, 0.2) is 5.84 Å². The zero-order valence-electron chi connectivity index (χ0n) is 18.1. The van der Waals surface area contributed by atoms with Gasteiger partial charge < -0.3 is 0 Å². The number of benzene rings is 3. The summed E-state index contributed by atoms with van der Waals surface area (Å²) < 4.78 is 29.7. The fraction of sp³-hybridized carbons (Fsp3) is 0.111. The van der Waals surface area contributed by atoms with Crippen molar-refractivity contribution < 1.29 is 8.42 Å². The molecule has 0 spiro atoms. The van der Waals surface area contributed by atoms with Crippen molar-refractivity contribution in [2.24, 2.45) is 4.99 Å². The highest BCUT2D eigenvalue weighted by Crippen LogP contribution is 2.45. The average molecular weight is 454 g/mol. The molecule has 0 saturated carbocycles. The quantitative estimate of drug-likeness (QED) is 0.411. The summed E-state index contributed by atoms with van der Waals surface area (Å²) in [5, 5.41) is 0. The number of aromatic nitrogens is 1. The van der Waals surface area contributed by atoms with Gasteiger partial charge in [-0.2, -0.15) is 0 Å². The largest absolute Gasteiger partial charge is 0.266 e. The summed E-state index contributed by atoms with van der Waals surface area (Å²) in [4.78, 5) is 9.66. The van der Waals surface area contributed by atoms with Gasteiger partial charge in [-0.1, -0.05) is 84.4 Å². The summed E-state index contributed by atoms with van der Waals surface area (Å²) in [5.41, 5.74) is 3.33. The van der Waals surface area contributed by atoms with E-state index in [1.54, 1.807) is 30.5 Å². The van der Waals surface area contributed by atoms with Gasteiger partial charge >= 0.3 is 0 Å². The highest BCUT2D eigenvalue weighted by Gasteiger charge is 2.45. The minimum atomic E-state index is -3.93. The molecule has 0 bridgehead atoms. The summed E-state index contributed by atoms with van der Waals surface area (Å²) in [6.07, 6.45) is 1.65. The first-order valence-corrected chi connectivity index (χ1v) is 12.2. The Balaban J connectivity index is 1.75. The number of pyridine rings is 1. The Hall–Kier alpha value is -3.77. The highest BCUT2D eigenvalue weighted by atomic mass is 32.2. The van der Waals surface area contributed by atoms with E-state index in [0.717, 1.165) is 16.7 Å². The van der Waals surface area contributed by atoms with Crippen molar-refractivity contribution in [3.8, 4) is 0 Å². The van der Waals surface area contributed by atoms with Crippen LogP contribution in [0.4, 0.5) is 0 Å². The summed E-state index contributed by atoms with van der Waals surface area (Å²) in [6, 6.07) is 30.9. The number of hydrogen-bond acceptors (Lipinski definition) is 4. The molecular weight excluding hydrogens is 430 g/mol. The number of aliphatic imine (C=N–C) groups is 1. The van der Waals surface area contributed by atoms with Crippen molar-refractivity contribution in [1.82, 2.24) is 9.29 Å². The summed E-state index contributed by atoms with van der Waals surface area (Å²) in [7, 11) is -3.93. The van der Waals surface area contributed by atoms with Gasteiger partial charge in [0.05, 0.1) is 10.9 Å². The van der Waals surface area contributed by atoms with Crippen LogP contribution in [-0.2, 0) is 10.0 Å². The zero-order chi connectivity index (χ0) is 22.8. The summed E-state index contributed by atoms with van der Waals surface area (Å²) in [6.45, 7) is 1.94. The van der Waals surface area contributed by atoms with Gasteiger partial charge in [-0.15, -0.1) is 0 Å². The fourth-order valence-electron chi connectivity index (χ4n) is 4.16. The predicted molar refractivity (Wildman–Crippen MR) is 129 cm³/mol. The van der Waals surface area contributed by atoms with Gasteiger partial charge in [0, 0.05) is 6.20 Å². The number of nitrogens with zero attached hydrogens (tertiary/aromatic N) is 3. The Kier molecular flexibility index (Phi) is 5.52. The van der Waals surface area contributed by atoms with Crippen molar-refractivity contribution in [3.05, 3.63) is 132 Å². The molecule has 0 saturated heterocycles. The first-order valence-electron chi connectivity index (χ1n) is 10.8. The molecule has 0 radical (unpaired) electrons. The molecule has 6 heteroatoms. The second-order valence-corrected chi connectivity index (χ2v) is 9.81. The predicted octanol–water partition coefficient (Wildman–Crippen LogP) is 5.32. The Morgan fingerprint density at radius 3 is 1.94 bits per heavy atom. The normalized spacial score (nSPS) is 18.2. The molecule has 33 heavy (non-hydrogen) atoms. The summed E-state index contributed by atoms with van der Waals surface area (Å²) in [5.74, 6) is 0.346. The van der Waals surface area contributed by atoms with E-state index in [2.05, 4.69) is 4.98 Å². The SMILES string of the molecule is Cc1ccc(S(=O)(=O)N2C(c3ccccn3)=N[C@@H](c3ccccc3)[C@H]2c2ccccc2)cc1. The first kappa shape index (κ1) is 21.1. The van der Waals surface area contributed by atoms with E-state index in [9.17, 15) is 8.42 Å². The molecule has 1 aliphatic rings. The van der Waals surface area contributed by atoms with E-state index < -0.39 is 22.1 Å². The van der Waals surface area contributed by atoms with Gasteiger partial charge in [-0.05, 0) is 42.3 Å². The Morgan fingerprint density at radius 1 is 0.727 bits per heavy atom. The second-order valence-electron chi connectivity index (χ2n) is 7.99. The molecule has 0 amide bonds. The van der Waals surface area contributed by atoms with E-state index in [-0.39, 0.29) is 4.90 Å². The smallest absolute Gasteiger partial charge is 0.255 e. The van der Waals surface area contributed by atoms with Crippen LogP contribution in [0.1, 0.15) is 34.5 Å². The molecule has 0 aliphatic carbocycles. The van der Waals surface area contributed by atoms with E-state index in [0.29, 0.717) is 11.5 Å². The number of hydrogen-bond donors (Lipinski definition) is 0. The average Bonchev–Trinajstić information content (AvgIpc) is 3.28. The van der Waals surface area contributed by atoms with Gasteiger partial charge in [0.25, 0.3) is 10.0 Å². The molecule has 3 aromatic carbocycles. The molecule has 0 N–H and O–H groups in total. The summed E-state index contributed by atoms with van der Waals surface area (Å²) >= 11 is 0. The third-order valence-electron chi connectivity index (χ3n) is 5.78. The topological polar surface area (TPSA) is 62.6 Å². The Bertz CT molecular complexity index is 1370. The molecule has 164 valence electrons. The van der Waals surface area contributed by atoms with Crippen LogP contribution in [0, 0.1) is 6.92 Å². The lowest BCUT2D eigenvalue weighted by Gasteiger charge is -2.30. The molecular formula is C27H23N3O2S. The standard InChI is InChI=1S/C27H23N3O2S/c1-20-15-17-23(18-16-20)33(31,32)30-26(22-12-6-3-7-13-22)25(21-10-4-2-5-11-21)29-27(30)24-14-8-9-19-28-24/h2-19,25-26H,1H3/t25-,26+/m0/s1. The van der Waals surface area contributed by atoms with E-state index in [1.165, 1.54) is 4.31 Å². The molecule has 2 heterocycles. The van der Waals surface area contributed by atoms with Crippen molar-refractivity contribution in [2.45, 2.75) is 23.9 Å². The zero-order valence-corrected chi connectivity index (χ0v) is 18.9. The van der Waals surface area contributed by atoms with Crippen LogP contribution in [0.5, 0.6) is 0 Å². The van der Waals surface area contributed by atoms with Crippen LogP contribution in [0.3, 0.4) is 0 Å². The number of rotatable bonds is 5. The Morgan fingerprint density at radius 2 is 1.33 bits per heavy atom. The maximum atomic E-state index is 14.1. The van der Waals surface area contributed by atoms with Crippen molar-refractivity contribution in [3.63, 3.8) is 0 Å². The van der Waals surface area contributed by atoms with Crippen LogP contribution in [0.25, 0.3) is 0 Å². The number of aryl methyl sites for hydroxylation is 1. The Labute approximate surface area is 194 Å². The van der Waals surface area contributed by atoms with E-state index in [1.807, 2.05) is 85.8 Å². The number of sulfonamides is 1. The first-order chi connectivity index (χ1) is 16.1. The molecule has 1 aromatic heterocycles. The van der Waals surface area contributed by atoms with Crippen molar-refractivity contribution in [2.75, 3.05) is 0 Å². The van der Waals surface area contributed by atoms with Crippen molar-refractivity contribution in [1.29, 1.82) is 0 Å². The lowest BCUT2D eigenvalue weighted by atomic mass is 9.95. The van der Waals surface area contributed by atoms with Crippen LogP contribution < -0.4 is 0 Å². The molecule has 1 aliphatic heterocycles. The van der Waals surface area contributed by atoms with E-state index in [4.69, 9.17) is 4.99 Å². The second kappa shape index (κ2) is 8.64. The van der Waals surface area contributed by atoms with Gasteiger partial charge in [0.2, 0.25) is 0 Å². The lowest BCUT2D eigenvalue weighted by Crippen LogP contribution is -2.38. The minimum Gasteiger partial charge on any atom is -0.255 e. The highest BCUT2D eigenvalue weighted by molar-refractivity contribution is 7.89. The maximum absolute atomic E-state index is 14.1. The van der Waals surface area contributed by atoms with Crippen LogP contribution >= 0.6 is 0 Å². The van der Waals surface area contributed by atoms with Crippen LogP contribution in [-0.4, -0.2) is 23.5 Å². The monoisotopic (exact) mass is 453 g/mol. The molecule has 0 fully saturated rings. The molecule has 5 nitrogen and oxygen atoms in total. The molecule has 5 rings (SSSR count). The van der Waals surface area contributed by atoms with Crippen LogP contribution in [0.15, 0.2) is 119 Å². The third-order valence-corrected chi connectivity index (χ3v) is 7.56. The third kappa shape index (κ3) is 3.94. The maximum Gasteiger partial charge on any atom is 0.266 e. The van der Waals surface area contributed by atoms with Gasteiger partial charge in [-0.3, -0.25) is 9.98 Å². The van der Waals surface area contributed by atoms with E-state index >= 15 is 0 Å². The van der Waals surface area contributed by atoms with Gasteiger partial charge in [0.1, 0.15) is 11.7 Å². The van der Waals surface area contributed by atoms with Crippen LogP contribution in [0.2, 0.25) is 0 Å². The van der Waals surface area contributed by atoms with Crippen molar-refractivity contribution >= 4 is 15.9 Å². The molecule has 4 aromatic rings. The minimum absolute atomic E-state index is 0.228. The molecule has 2 atom stereocenters. The number of amidine groups is 1. The van der Waals surface area contributed by atoms with Gasteiger partial charge in [-0.25, -0.2) is 12.7 Å². The lowest BCUT2D eigenvalue weighted by molar-refractivity contribution is 0.419. The fourth-order valence-corrected chi connectivity index (χ4v) is 5.77.